The molecule has 4 rings (SSSR count). The highest BCUT2D eigenvalue weighted by Crippen LogP contribution is 2.66. The highest BCUT2D eigenvalue weighted by Gasteiger charge is 2.59. The Labute approximate surface area is 141 Å². The molecule has 23 heavy (non-hydrogen) atoms. The Bertz CT molecular complexity index is 510. The monoisotopic (exact) mass is 318 g/mol. The molecule has 3 fully saturated rings. The zero-order valence-electron chi connectivity index (χ0n) is 15.1. The molecule has 4 aliphatic rings. The van der Waals surface area contributed by atoms with E-state index in [0.717, 1.165) is 30.6 Å². The molecular formula is C21H34O2. The first-order valence-corrected chi connectivity index (χ1v) is 9.92. The Hall–Kier alpha value is -0.340. The number of allylic oxidation sites excluding steroid dienone is 1. The van der Waals surface area contributed by atoms with Gasteiger partial charge in [0.15, 0.2) is 0 Å². The number of aliphatic hydroxyl groups excluding tert-OH is 2. The van der Waals surface area contributed by atoms with Crippen LogP contribution < -0.4 is 0 Å². The lowest BCUT2D eigenvalue weighted by Gasteiger charge is -2.58. The van der Waals surface area contributed by atoms with Crippen LogP contribution in [0.5, 0.6) is 0 Å². The smallest absolute Gasteiger partial charge is 0.0577 e. The minimum absolute atomic E-state index is 0.106. The molecule has 0 bridgehead atoms. The summed E-state index contributed by atoms with van der Waals surface area (Å²) in [5, 5.41) is 20.4. The third-order valence-corrected chi connectivity index (χ3v) is 8.73. The van der Waals surface area contributed by atoms with Crippen LogP contribution in [0.4, 0.5) is 0 Å². The van der Waals surface area contributed by atoms with Crippen LogP contribution in [0.3, 0.4) is 0 Å². The number of hydrogen-bond donors (Lipinski definition) is 2. The van der Waals surface area contributed by atoms with Gasteiger partial charge in [-0.05, 0) is 92.8 Å². The van der Waals surface area contributed by atoms with E-state index in [9.17, 15) is 10.2 Å². The van der Waals surface area contributed by atoms with Crippen LogP contribution in [0, 0.1) is 34.5 Å². The van der Waals surface area contributed by atoms with Gasteiger partial charge in [0, 0.05) is 0 Å². The van der Waals surface area contributed by atoms with E-state index < -0.39 is 0 Å². The Balaban J connectivity index is 1.65. The van der Waals surface area contributed by atoms with E-state index in [1.54, 1.807) is 5.57 Å². The van der Waals surface area contributed by atoms with E-state index in [1.807, 2.05) is 6.92 Å². The molecule has 0 aromatic heterocycles. The van der Waals surface area contributed by atoms with Gasteiger partial charge < -0.3 is 10.2 Å². The summed E-state index contributed by atoms with van der Waals surface area (Å²) in [4.78, 5) is 0. The lowest BCUT2D eigenvalue weighted by Crippen LogP contribution is -2.51. The molecule has 3 saturated carbocycles. The highest BCUT2D eigenvalue weighted by atomic mass is 16.3. The van der Waals surface area contributed by atoms with Crippen LogP contribution in [0.15, 0.2) is 11.6 Å². The fraction of sp³-hybridized carbons (Fsp3) is 0.905. The van der Waals surface area contributed by atoms with Gasteiger partial charge in [-0.15, -0.1) is 0 Å². The number of fused-ring (bicyclic) bond motifs is 5. The first kappa shape index (κ1) is 16.1. The van der Waals surface area contributed by atoms with Gasteiger partial charge >= 0.3 is 0 Å². The molecular weight excluding hydrogens is 284 g/mol. The maximum absolute atomic E-state index is 10.3. The first-order chi connectivity index (χ1) is 10.9. The zero-order chi connectivity index (χ0) is 16.4. The van der Waals surface area contributed by atoms with Crippen molar-refractivity contribution >= 4 is 0 Å². The minimum atomic E-state index is -0.156. The molecule has 2 nitrogen and oxygen atoms in total. The molecule has 8 atom stereocenters. The molecule has 0 aromatic rings. The van der Waals surface area contributed by atoms with Crippen LogP contribution in [0.2, 0.25) is 0 Å². The standard InChI is InChI=1S/C21H34O2/c1-13(22)17-6-7-18-16-5-4-14-12-15(23)8-10-20(14,2)19(16)9-11-21(17,18)3/h4,13,15-19,22-23H,5-12H2,1-3H3. The van der Waals surface area contributed by atoms with Gasteiger partial charge in [-0.3, -0.25) is 0 Å². The van der Waals surface area contributed by atoms with Gasteiger partial charge in [-0.2, -0.15) is 0 Å². The van der Waals surface area contributed by atoms with Crippen LogP contribution in [-0.4, -0.2) is 22.4 Å². The molecule has 0 heterocycles. The van der Waals surface area contributed by atoms with Crippen molar-refractivity contribution in [1.82, 2.24) is 0 Å². The second-order valence-electron chi connectivity index (χ2n) is 9.62. The largest absolute Gasteiger partial charge is 0.393 e. The maximum Gasteiger partial charge on any atom is 0.0577 e. The van der Waals surface area contributed by atoms with Crippen molar-refractivity contribution < 1.29 is 10.2 Å². The molecule has 4 aliphatic carbocycles. The molecule has 0 spiro atoms. The fourth-order valence-corrected chi connectivity index (χ4v) is 7.47. The normalized spacial score (nSPS) is 53.8. The Morgan fingerprint density at radius 3 is 2.61 bits per heavy atom. The third-order valence-electron chi connectivity index (χ3n) is 8.73. The molecule has 8 unspecified atom stereocenters. The lowest BCUT2D eigenvalue weighted by atomic mass is 9.47. The third kappa shape index (κ3) is 2.20. The Morgan fingerprint density at radius 1 is 1.09 bits per heavy atom. The predicted molar refractivity (Wildman–Crippen MR) is 92.9 cm³/mol. The second-order valence-corrected chi connectivity index (χ2v) is 9.62. The zero-order valence-corrected chi connectivity index (χ0v) is 15.1. The fourth-order valence-electron chi connectivity index (χ4n) is 7.47. The van der Waals surface area contributed by atoms with E-state index in [2.05, 4.69) is 19.9 Å². The van der Waals surface area contributed by atoms with Crippen LogP contribution in [0.25, 0.3) is 0 Å². The van der Waals surface area contributed by atoms with E-state index in [0.29, 0.717) is 16.7 Å². The summed E-state index contributed by atoms with van der Waals surface area (Å²) in [6, 6.07) is 0. The Morgan fingerprint density at radius 2 is 1.87 bits per heavy atom. The van der Waals surface area contributed by atoms with Gasteiger partial charge in [-0.1, -0.05) is 25.5 Å². The van der Waals surface area contributed by atoms with Crippen LogP contribution in [-0.2, 0) is 0 Å². The topological polar surface area (TPSA) is 40.5 Å². The average molecular weight is 319 g/mol. The lowest BCUT2D eigenvalue weighted by molar-refractivity contribution is -0.0675. The van der Waals surface area contributed by atoms with Crippen molar-refractivity contribution in [2.24, 2.45) is 34.5 Å². The van der Waals surface area contributed by atoms with Gasteiger partial charge in [0.05, 0.1) is 12.2 Å². The number of rotatable bonds is 1. The molecule has 2 N–H and O–H groups in total. The van der Waals surface area contributed by atoms with Gasteiger partial charge in [0.2, 0.25) is 0 Å². The van der Waals surface area contributed by atoms with Gasteiger partial charge in [-0.25, -0.2) is 0 Å². The maximum atomic E-state index is 10.3. The summed E-state index contributed by atoms with van der Waals surface area (Å²) in [6.45, 7) is 6.98. The van der Waals surface area contributed by atoms with Crippen molar-refractivity contribution in [2.75, 3.05) is 0 Å². The van der Waals surface area contributed by atoms with Crippen molar-refractivity contribution in [3.05, 3.63) is 11.6 Å². The average Bonchev–Trinajstić information content (AvgIpc) is 2.85. The molecule has 0 amide bonds. The summed E-state index contributed by atoms with van der Waals surface area (Å²) in [5.41, 5.74) is 2.25. The first-order valence-electron chi connectivity index (χ1n) is 9.92. The summed E-state index contributed by atoms with van der Waals surface area (Å²) < 4.78 is 0. The predicted octanol–water partition coefficient (Wildman–Crippen LogP) is 4.31. The van der Waals surface area contributed by atoms with Gasteiger partial charge in [0.1, 0.15) is 0 Å². The number of hydrogen-bond acceptors (Lipinski definition) is 2. The van der Waals surface area contributed by atoms with Gasteiger partial charge in [0.25, 0.3) is 0 Å². The van der Waals surface area contributed by atoms with E-state index in [4.69, 9.17) is 0 Å². The van der Waals surface area contributed by atoms with Crippen molar-refractivity contribution in [3.8, 4) is 0 Å². The quantitative estimate of drug-likeness (QED) is 0.707. The summed E-state index contributed by atoms with van der Waals surface area (Å²) in [7, 11) is 0. The van der Waals surface area contributed by atoms with E-state index >= 15 is 0 Å². The molecule has 0 aromatic carbocycles. The summed E-state index contributed by atoms with van der Waals surface area (Å²) in [5.74, 6) is 2.91. The SMILES string of the molecule is CC(O)C1CCC2C3CC=C4CC(O)CCC4(C)C3CCC12C. The summed E-state index contributed by atoms with van der Waals surface area (Å²) >= 11 is 0. The van der Waals surface area contributed by atoms with E-state index in [1.165, 1.54) is 38.5 Å². The molecule has 0 radical (unpaired) electrons. The van der Waals surface area contributed by atoms with E-state index in [-0.39, 0.29) is 12.2 Å². The molecule has 130 valence electrons. The van der Waals surface area contributed by atoms with Crippen LogP contribution >= 0.6 is 0 Å². The molecule has 2 heteroatoms. The minimum Gasteiger partial charge on any atom is -0.393 e. The molecule has 0 aliphatic heterocycles. The second kappa shape index (κ2) is 5.33. The number of aliphatic hydroxyl groups is 2. The van der Waals surface area contributed by atoms with Crippen molar-refractivity contribution in [2.45, 2.75) is 84.3 Å². The molecule has 0 saturated heterocycles. The van der Waals surface area contributed by atoms with Crippen molar-refractivity contribution in [1.29, 1.82) is 0 Å². The highest BCUT2D eigenvalue weighted by molar-refractivity contribution is 5.25. The van der Waals surface area contributed by atoms with Crippen molar-refractivity contribution in [3.63, 3.8) is 0 Å². The summed E-state index contributed by atoms with van der Waals surface area (Å²) in [6.07, 6.45) is 11.7. The Kier molecular flexibility index (Phi) is 3.74. The van der Waals surface area contributed by atoms with Crippen LogP contribution in [0.1, 0.15) is 72.1 Å².